The molecule has 232 valence electrons. The van der Waals surface area contributed by atoms with Gasteiger partial charge in [-0.15, -0.1) is 0 Å². The maximum Gasteiger partial charge on any atom is 0.369 e. The third-order valence-corrected chi connectivity index (χ3v) is 12.7. The van der Waals surface area contributed by atoms with Crippen molar-refractivity contribution < 1.29 is 47.0 Å². The first-order chi connectivity index (χ1) is 19.5. The highest BCUT2D eigenvalue weighted by molar-refractivity contribution is 7.89. The van der Waals surface area contributed by atoms with Gasteiger partial charge in [0.15, 0.2) is 0 Å². The van der Waals surface area contributed by atoms with Crippen LogP contribution in [0.4, 0.5) is 5.69 Å². The topological polar surface area (TPSA) is 185 Å². The van der Waals surface area contributed by atoms with E-state index in [1.54, 1.807) is 42.5 Å². The van der Waals surface area contributed by atoms with Gasteiger partial charge in [-0.1, -0.05) is 49.2 Å². The molecule has 0 aromatic heterocycles. The third-order valence-electron chi connectivity index (χ3n) is 6.94. The van der Waals surface area contributed by atoms with Crippen LogP contribution in [0, 0.1) is 0 Å². The average Bonchev–Trinajstić information content (AvgIpc) is 2.90. The van der Waals surface area contributed by atoms with Crippen molar-refractivity contribution in [1.82, 2.24) is 4.31 Å². The molecule has 12 nitrogen and oxygen atoms in total. The van der Waals surface area contributed by atoms with Crippen LogP contribution in [0.5, 0.6) is 5.75 Å². The number of ether oxygens (including phenoxy) is 1. The highest BCUT2D eigenvalue weighted by Crippen LogP contribution is 2.69. The van der Waals surface area contributed by atoms with E-state index >= 15 is 0 Å². The summed E-state index contributed by atoms with van der Waals surface area (Å²) in [5.74, 6) is 0.538. The molecule has 0 saturated carbocycles. The first kappa shape index (κ1) is 34.2. The molecule has 0 fully saturated rings. The Morgan fingerprint density at radius 3 is 2.05 bits per heavy atom. The molecule has 5 N–H and O–H groups in total. The monoisotopic (exact) mass is 644 g/mol. The van der Waals surface area contributed by atoms with Crippen LogP contribution in [0.25, 0.3) is 10.8 Å². The minimum absolute atomic E-state index is 0.00380. The Morgan fingerprint density at radius 1 is 0.810 bits per heavy atom. The Bertz CT molecular complexity index is 1560. The number of fused-ring (bicyclic) bond motifs is 1. The maximum absolute atomic E-state index is 13.6. The fourth-order valence-electron chi connectivity index (χ4n) is 4.59. The predicted molar refractivity (Wildman–Crippen MR) is 161 cm³/mol. The summed E-state index contributed by atoms with van der Waals surface area (Å²) in [5.41, 5.74) is 1.64. The highest BCUT2D eigenvalue weighted by atomic mass is 32.2. The minimum Gasteiger partial charge on any atom is -0.494 e. The third kappa shape index (κ3) is 7.79. The van der Waals surface area contributed by atoms with Crippen molar-refractivity contribution in [2.24, 2.45) is 0 Å². The van der Waals surface area contributed by atoms with Crippen LogP contribution < -0.4 is 9.64 Å². The van der Waals surface area contributed by atoms with Crippen molar-refractivity contribution in [1.29, 1.82) is 0 Å². The van der Waals surface area contributed by atoms with E-state index in [1.165, 1.54) is 11.4 Å². The van der Waals surface area contributed by atoms with Crippen molar-refractivity contribution in [3.63, 3.8) is 0 Å². The van der Waals surface area contributed by atoms with E-state index in [9.17, 15) is 42.2 Å². The van der Waals surface area contributed by atoms with Gasteiger partial charge < -0.3 is 34.3 Å². The molecule has 0 aliphatic carbocycles. The Morgan fingerprint density at radius 2 is 1.40 bits per heavy atom. The van der Waals surface area contributed by atoms with E-state index in [-0.39, 0.29) is 17.9 Å². The summed E-state index contributed by atoms with van der Waals surface area (Å²) < 4.78 is 57.0. The van der Waals surface area contributed by atoms with E-state index in [2.05, 4.69) is 0 Å². The lowest BCUT2D eigenvalue weighted by Crippen LogP contribution is -2.28. The largest absolute Gasteiger partial charge is 0.494 e. The summed E-state index contributed by atoms with van der Waals surface area (Å²) in [6.07, 6.45) is 0.684. The summed E-state index contributed by atoms with van der Waals surface area (Å²) >= 11 is 0. The van der Waals surface area contributed by atoms with Gasteiger partial charge in [-0.05, 0) is 49.1 Å². The van der Waals surface area contributed by atoms with Gasteiger partial charge in [-0.3, -0.25) is 9.13 Å². The standard InChI is InChI=1S/C27H38N2O10P2S/c1-28(2)25-15-9-14-24-23(25)13-10-16-26(24)42(37,38)29(3)20-21-11-8-12-22(19-21)39-18-7-5-4-6-17-27(30,40(31,32)33)41(34,35)36/h8-16,19,30H,4-7,17-18,20H2,1-3H3,(H2,31,32,33)(H2,34,35,36). The van der Waals surface area contributed by atoms with Gasteiger partial charge in [-0.25, -0.2) is 8.42 Å². The van der Waals surface area contributed by atoms with Gasteiger partial charge in [0.05, 0.1) is 11.5 Å². The molecule has 0 radical (unpaired) electrons. The number of anilines is 1. The summed E-state index contributed by atoms with van der Waals surface area (Å²) in [7, 11) is -9.38. The molecule has 42 heavy (non-hydrogen) atoms. The van der Waals surface area contributed by atoms with Crippen LogP contribution in [0.3, 0.4) is 0 Å². The Hall–Kier alpha value is -2.31. The van der Waals surface area contributed by atoms with Crippen LogP contribution in [-0.2, 0) is 25.7 Å². The quantitative estimate of drug-likeness (QED) is 0.119. The van der Waals surface area contributed by atoms with Gasteiger partial charge in [-0.2, -0.15) is 4.31 Å². The zero-order chi connectivity index (χ0) is 31.3. The summed E-state index contributed by atoms with van der Waals surface area (Å²) in [6, 6.07) is 17.9. The van der Waals surface area contributed by atoms with Crippen molar-refractivity contribution >= 4 is 41.7 Å². The van der Waals surface area contributed by atoms with E-state index in [1.807, 2.05) is 37.2 Å². The van der Waals surface area contributed by atoms with Gasteiger partial charge in [0.25, 0.3) is 5.08 Å². The van der Waals surface area contributed by atoms with E-state index in [0.29, 0.717) is 37.0 Å². The van der Waals surface area contributed by atoms with Crippen LogP contribution in [0.15, 0.2) is 65.6 Å². The molecule has 0 saturated heterocycles. The van der Waals surface area contributed by atoms with Gasteiger partial charge in [0.1, 0.15) is 5.75 Å². The Balaban J connectivity index is 1.57. The molecule has 0 bridgehead atoms. The first-order valence-electron chi connectivity index (χ1n) is 13.2. The Labute approximate surface area is 245 Å². The van der Waals surface area contributed by atoms with Crippen LogP contribution in [0.2, 0.25) is 0 Å². The van der Waals surface area contributed by atoms with Gasteiger partial charge >= 0.3 is 15.2 Å². The molecular weight excluding hydrogens is 606 g/mol. The average molecular weight is 645 g/mol. The SMILES string of the molecule is CN(C)c1cccc2c(S(=O)(=O)N(C)Cc3cccc(OCCCCCCC(O)(P(=O)(O)O)P(=O)(O)O)c3)cccc12. The smallest absolute Gasteiger partial charge is 0.369 e. The van der Waals surface area contributed by atoms with E-state index in [0.717, 1.165) is 16.6 Å². The number of sulfonamides is 1. The molecule has 0 aliphatic rings. The number of unbranched alkanes of at least 4 members (excludes halogenated alkanes) is 3. The van der Waals surface area contributed by atoms with Crippen molar-refractivity contribution in [2.45, 2.75) is 48.6 Å². The van der Waals surface area contributed by atoms with Crippen LogP contribution in [-0.4, -0.2) is 70.2 Å². The minimum atomic E-state index is -5.45. The zero-order valence-electron chi connectivity index (χ0n) is 23.7. The number of hydrogen-bond acceptors (Lipinski definition) is 7. The zero-order valence-corrected chi connectivity index (χ0v) is 26.3. The number of nitrogens with zero attached hydrogens (tertiary/aromatic N) is 2. The molecule has 3 aromatic carbocycles. The molecule has 3 rings (SSSR count). The normalized spacial score (nSPS) is 13.1. The number of hydrogen-bond donors (Lipinski definition) is 5. The fourth-order valence-corrected chi connectivity index (χ4v) is 8.21. The van der Waals surface area contributed by atoms with E-state index < -0.39 is 36.7 Å². The second-order valence-corrected chi connectivity index (χ2v) is 16.3. The van der Waals surface area contributed by atoms with Crippen molar-refractivity contribution in [2.75, 3.05) is 32.6 Å². The maximum atomic E-state index is 13.6. The van der Waals surface area contributed by atoms with Crippen molar-refractivity contribution in [3.05, 3.63) is 66.2 Å². The molecule has 0 atom stereocenters. The Kier molecular flexibility index (Phi) is 11.0. The lowest BCUT2D eigenvalue weighted by atomic mass is 10.1. The van der Waals surface area contributed by atoms with Gasteiger partial charge in [0, 0.05) is 44.1 Å². The predicted octanol–water partition coefficient (Wildman–Crippen LogP) is 4.06. The number of rotatable bonds is 15. The molecule has 0 unspecified atom stereocenters. The molecule has 3 aromatic rings. The summed E-state index contributed by atoms with van der Waals surface area (Å²) in [4.78, 5) is 39.0. The molecule has 0 heterocycles. The molecule has 15 heteroatoms. The lowest BCUT2D eigenvalue weighted by Gasteiger charge is -2.29. The number of aliphatic hydroxyl groups is 1. The molecular formula is C27H38N2O10P2S. The molecule has 0 spiro atoms. The second kappa shape index (κ2) is 13.5. The van der Waals surface area contributed by atoms with E-state index in [4.69, 9.17) is 4.74 Å². The molecule has 0 amide bonds. The first-order valence-corrected chi connectivity index (χ1v) is 17.9. The van der Waals surface area contributed by atoms with Crippen LogP contribution in [0.1, 0.15) is 37.7 Å². The van der Waals surface area contributed by atoms with Crippen molar-refractivity contribution in [3.8, 4) is 5.75 Å². The summed E-state index contributed by atoms with van der Waals surface area (Å²) in [6.45, 7) is 0.411. The second-order valence-electron chi connectivity index (χ2n) is 10.3. The van der Waals surface area contributed by atoms with Gasteiger partial charge in [0.2, 0.25) is 10.0 Å². The van der Waals surface area contributed by atoms with Crippen LogP contribution >= 0.6 is 15.2 Å². The molecule has 0 aliphatic heterocycles. The fraction of sp³-hybridized carbons (Fsp3) is 0.407. The number of benzene rings is 3. The highest BCUT2D eigenvalue weighted by Gasteiger charge is 2.58. The lowest BCUT2D eigenvalue weighted by molar-refractivity contribution is 0.120. The summed E-state index contributed by atoms with van der Waals surface area (Å²) in [5, 5.41) is 8.01.